The Morgan fingerprint density at radius 2 is 1.57 bits per heavy atom. The summed E-state index contributed by atoms with van der Waals surface area (Å²) < 4.78 is 41.0. The second kappa shape index (κ2) is 13.0. The molecule has 0 radical (unpaired) electrons. The van der Waals surface area contributed by atoms with E-state index in [4.69, 9.17) is 0 Å². The minimum absolute atomic E-state index is 0.0990. The highest BCUT2D eigenvalue weighted by molar-refractivity contribution is 6.50. The minimum Gasteiger partial charge on any atom is -0.418 e. The predicted octanol–water partition coefficient (Wildman–Crippen LogP) is 6.22. The smallest absolute Gasteiger partial charge is 0.418 e. The van der Waals surface area contributed by atoms with Crippen LogP contribution in [0.1, 0.15) is 20.3 Å². The molecule has 0 aliphatic heterocycles. The van der Waals surface area contributed by atoms with Crippen molar-refractivity contribution in [2.24, 2.45) is 0 Å². The molecule has 30 heavy (non-hydrogen) atoms. The zero-order valence-corrected chi connectivity index (χ0v) is 16.9. The molecular formula is C22H24BF4N3. The van der Waals surface area contributed by atoms with Gasteiger partial charge in [-0.3, -0.25) is 0 Å². The quantitative estimate of drug-likeness (QED) is 0.145. The number of rotatable bonds is 7. The van der Waals surface area contributed by atoms with E-state index >= 15 is 0 Å². The largest absolute Gasteiger partial charge is 0.673 e. The Morgan fingerprint density at radius 3 is 2.03 bits per heavy atom. The number of hydrogen-bond acceptors (Lipinski definition) is 2. The zero-order chi connectivity index (χ0) is 22.4. The van der Waals surface area contributed by atoms with Gasteiger partial charge in [0, 0.05) is 23.9 Å². The van der Waals surface area contributed by atoms with E-state index in [1.165, 1.54) is 0 Å². The average molecular weight is 417 g/mol. The first kappa shape index (κ1) is 24.7. The Bertz CT molecular complexity index is 891. The van der Waals surface area contributed by atoms with Crippen LogP contribution in [0.25, 0.3) is 0 Å². The highest BCUT2D eigenvalue weighted by Gasteiger charge is 2.20. The first-order chi connectivity index (χ1) is 14.3. The standard InChI is InChI=1S/C22H24N3.BF4/c1-3-20(24-21-11-7-5-8-12-21)17-19(18-23)15-16-25(4-2)22-13-9-6-10-14-22;2-1(3,4)5/h5-15,17,20,24H,3-4H2,1-2H3;/q+1;-1. The maximum atomic E-state index is 9.75. The summed E-state index contributed by atoms with van der Waals surface area (Å²) in [6.45, 7) is 4.95. The van der Waals surface area contributed by atoms with E-state index in [1.54, 1.807) is 6.08 Å². The average Bonchev–Trinajstić information content (AvgIpc) is 2.73. The van der Waals surface area contributed by atoms with Gasteiger partial charge in [-0.25, -0.2) is 0 Å². The van der Waals surface area contributed by atoms with Crippen LogP contribution < -0.4 is 5.32 Å². The van der Waals surface area contributed by atoms with Gasteiger partial charge in [0.1, 0.15) is 0 Å². The van der Waals surface area contributed by atoms with Gasteiger partial charge in [-0.15, -0.1) is 0 Å². The normalized spacial score (nSPS) is 11.8. The molecule has 0 bridgehead atoms. The van der Waals surface area contributed by atoms with E-state index in [9.17, 15) is 22.5 Å². The van der Waals surface area contributed by atoms with E-state index < -0.39 is 7.25 Å². The topological polar surface area (TPSA) is 38.8 Å². The van der Waals surface area contributed by atoms with Crippen LogP contribution in [0.15, 0.2) is 78.4 Å². The summed E-state index contributed by atoms with van der Waals surface area (Å²) in [4.78, 5) is 0. The van der Waals surface area contributed by atoms with Crippen LogP contribution in [-0.2, 0) is 0 Å². The molecule has 8 heteroatoms. The molecule has 3 nitrogen and oxygen atoms in total. The van der Waals surface area contributed by atoms with Crippen molar-refractivity contribution < 1.29 is 21.8 Å². The third-order valence-electron chi connectivity index (χ3n) is 3.84. The third-order valence-corrected chi connectivity index (χ3v) is 3.84. The van der Waals surface area contributed by atoms with Gasteiger partial charge < -0.3 is 22.6 Å². The van der Waals surface area contributed by atoms with Crippen molar-refractivity contribution in [2.75, 3.05) is 11.9 Å². The summed E-state index contributed by atoms with van der Waals surface area (Å²) in [6, 6.07) is 22.4. The van der Waals surface area contributed by atoms with E-state index in [0.29, 0.717) is 5.57 Å². The van der Waals surface area contributed by atoms with Gasteiger partial charge in [-0.05, 0) is 31.6 Å². The predicted molar refractivity (Wildman–Crippen MR) is 115 cm³/mol. The molecule has 0 fully saturated rings. The van der Waals surface area contributed by atoms with Gasteiger partial charge in [-0.1, -0.05) is 43.3 Å². The van der Waals surface area contributed by atoms with Gasteiger partial charge in [0.05, 0.1) is 17.7 Å². The second-order valence-corrected chi connectivity index (χ2v) is 6.11. The summed E-state index contributed by atoms with van der Waals surface area (Å²) in [5.41, 5.74) is 2.72. The van der Waals surface area contributed by atoms with Crippen LogP contribution in [0, 0.1) is 11.3 Å². The molecule has 0 spiro atoms. The number of nitrogens with one attached hydrogen (secondary N) is 1. The van der Waals surface area contributed by atoms with Gasteiger partial charge in [0.15, 0.2) is 12.4 Å². The van der Waals surface area contributed by atoms with E-state index in [0.717, 1.165) is 24.3 Å². The Kier molecular flexibility index (Phi) is 10.7. The molecule has 0 saturated carbocycles. The highest BCUT2D eigenvalue weighted by Crippen LogP contribution is 2.12. The summed E-state index contributed by atoms with van der Waals surface area (Å²) in [5, 5.41) is 12.9. The van der Waals surface area contributed by atoms with Crippen molar-refractivity contribution in [3.63, 3.8) is 0 Å². The number of nitrogens with zero attached hydrogens (tertiary/aromatic N) is 2. The fourth-order valence-electron chi connectivity index (χ4n) is 2.45. The second-order valence-electron chi connectivity index (χ2n) is 6.11. The van der Waals surface area contributed by atoms with Crippen LogP contribution in [0.5, 0.6) is 0 Å². The first-order valence-electron chi connectivity index (χ1n) is 9.49. The van der Waals surface area contributed by atoms with Crippen molar-refractivity contribution in [1.82, 2.24) is 0 Å². The Balaban J connectivity index is 0.000000804. The fourth-order valence-corrected chi connectivity index (χ4v) is 2.45. The van der Waals surface area contributed by atoms with Crippen LogP contribution in [0.4, 0.5) is 28.6 Å². The van der Waals surface area contributed by atoms with E-state index in [1.807, 2.05) is 71.3 Å². The Labute approximate surface area is 174 Å². The lowest BCUT2D eigenvalue weighted by Crippen LogP contribution is -2.16. The van der Waals surface area contributed by atoms with Gasteiger partial charge in [-0.2, -0.15) is 9.84 Å². The third kappa shape index (κ3) is 10.9. The number of nitriles is 1. The van der Waals surface area contributed by atoms with Crippen LogP contribution >= 0.6 is 0 Å². The van der Waals surface area contributed by atoms with Crippen LogP contribution in [0.2, 0.25) is 0 Å². The minimum atomic E-state index is -6.00. The SMILES string of the molecule is CCC(C=C(C#N)C=C=[N+](CC)c1ccccc1)Nc1ccccc1.F[B-](F)(F)F. The molecule has 0 saturated heterocycles. The summed E-state index contributed by atoms with van der Waals surface area (Å²) in [7, 11) is -6.00. The number of para-hydroxylation sites is 2. The molecule has 0 heterocycles. The van der Waals surface area contributed by atoms with Gasteiger partial charge >= 0.3 is 7.25 Å². The molecule has 1 atom stereocenters. The Hall–Kier alpha value is -3.30. The number of anilines is 1. The molecular weight excluding hydrogens is 393 g/mol. The molecule has 0 aliphatic carbocycles. The first-order valence-corrected chi connectivity index (χ1v) is 9.49. The van der Waals surface area contributed by atoms with Gasteiger partial charge in [0.25, 0.3) is 0 Å². The van der Waals surface area contributed by atoms with Crippen molar-refractivity contribution in [1.29, 1.82) is 5.26 Å². The van der Waals surface area contributed by atoms with Crippen LogP contribution in [-0.4, -0.2) is 30.3 Å². The lowest BCUT2D eigenvalue weighted by molar-refractivity contribution is -0.428. The summed E-state index contributed by atoms with van der Waals surface area (Å²) in [5.74, 6) is 3.22. The molecule has 0 aliphatic rings. The molecule has 1 unspecified atom stereocenters. The molecule has 2 aromatic rings. The molecule has 0 aromatic heterocycles. The maximum Gasteiger partial charge on any atom is 0.673 e. The fraction of sp³-hybridized carbons (Fsp3) is 0.227. The Morgan fingerprint density at radius 1 is 1.03 bits per heavy atom. The zero-order valence-electron chi connectivity index (χ0n) is 16.9. The summed E-state index contributed by atoms with van der Waals surface area (Å²) in [6.07, 6.45) is 4.61. The number of halogens is 4. The van der Waals surface area contributed by atoms with Crippen molar-refractivity contribution in [2.45, 2.75) is 26.3 Å². The lowest BCUT2D eigenvalue weighted by atomic mass is 10.1. The highest BCUT2D eigenvalue weighted by atomic mass is 19.5. The molecule has 0 amide bonds. The molecule has 2 rings (SSSR count). The van der Waals surface area contributed by atoms with Crippen LogP contribution in [0.3, 0.4) is 0 Å². The van der Waals surface area contributed by atoms with Crippen molar-refractivity contribution in [3.05, 3.63) is 78.4 Å². The number of allylic oxidation sites excluding steroid dienone is 2. The van der Waals surface area contributed by atoms with Gasteiger partial charge in [0.2, 0.25) is 5.69 Å². The number of benzene rings is 2. The molecule has 158 valence electrons. The maximum absolute atomic E-state index is 9.75. The van der Waals surface area contributed by atoms with Crippen molar-refractivity contribution >= 4 is 24.5 Å². The van der Waals surface area contributed by atoms with E-state index in [-0.39, 0.29) is 6.04 Å². The lowest BCUT2D eigenvalue weighted by Gasteiger charge is -2.14. The molecule has 2 aromatic carbocycles. The van der Waals surface area contributed by atoms with E-state index in [2.05, 4.69) is 31.1 Å². The number of hydrogen-bond donors (Lipinski definition) is 1. The monoisotopic (exact) mass is 417 g/mol. The summed E-state index contributed by atoms with van der Waals surface area (Å²) >= 11 is 0. The molecule has 1 N–H and O–H groups in total. The van der Waals surface area contributed by atoms with Crippen molar-refractivity contribution in [3.8, 4) is 6.07 Å².